The number of benzene rings is 1. The molecule has 0 bridgehead atoms. The van der Waals surface area contributed by atoms with Crippen LogP contribution in [0.4, 0.5) is 0 Å². The van der Waals surface area contributed by atoms with Crippen molar-refractivity contribution in [2.75, 3.05) is 6.54 Å². The van der Waals surface area contributed by atoms with Crippen molar-refractivity contribution >= 4 is 11.9 Å². The van der Waals surface area contributed by atoms with Crippen molar-refractivity contribution in [2.24, 2.45) is 11.5 Å². The highest BCUT2D eigenvalue weighted by Crippen LogP contribution is 2.04. The Morgan fingerprint density at radius 1 is 1.06 bits per heavy atom. The minimum Gasteiger partial charge on any atom is -0.481 e. The monoisotopic (exact) mass is 240 g/mol. The van der Waals surface area contributed by atoms with Gasteiger partial charge in [-0.3, -0.25) is 9.59 Å². The molecule has 6 N–H and O–H groups in total. The Morgan fingerprint density at radius 3 is 2.00 bits per heavy atom. The Balaban J connectivity index is 0.000000437. The summed E-state index contributed by atoms with van der Waals surface area (Å²) in [6, 6.07) is 7.30. The highest BCUT2D eigenvalue weighted by molar-refractivity contribution is 5.70. The molecule has 0 unspecified atom stereocenters. The molecule has 0 saturated carbocycles. The summed E-state index contributed by atoms with van der Waals surface area (Å²) in [6.07, 6.45) is 0.0633. The third-order valence-electron chi connectivity index (χ3n) is 1.76. The van der Waals surface area contributed by atoms with Crippen molar-refractivity contribution in [3.05, 3.63) is 35.4 Å². The van der Waals surface area contributed by atoms with Crippen LogP contribution in [-0.2, 0) is 22.6 Å². The van der Waals surface area contributed by atoms with Gasteiger partial charge in [-0.2, -0.15) is 0 Å². The van der Waals surface area contributed by atoms with E-state index in [2.05, 4.69) is 5.73 Å². The minimum absolute atomic E-state index is 0.0633. The normalized spacial score (nSPS) is 9.06. The molecule has 0 radical (unpaired) electrons. The van der Waals surface area contributed by atoms with Crippen LogP contribution in [0, 0.1) is 0 Å². The lowest BCUT2D eigenvalue weighted by Gasteiger charge is -1.99. The second-order valence-electron chi connectivity index (χ2n) is 3.19. The van der Waals surface area contributed by atoms with E-state index in [1.807, 2.05) is 18.2 Å². The first kappa shape index (κ1) is 15.1. The molecule has 0 fully saturated rings. The second-order valence-corrected chi connectivity index (χ2v) is 3.19. The Bertz CT molecular complexity index is 379. The minimum atomic E-state index is -0.968. The lowest BCUT2D eigenvalue weighted by atomic mass is 10.1. The van der Waals surface area contributed by atoms with Gasteiger partial charge < -0.3 is 21.7 Å². The van der Waals surface area contributed by atoms with Gasteiger partial charge in [0.1, 0.15) is 0 Å². The zero-order valence-electron chi connectivity index (χ0n) is 9.30. The molecule has 0 atom stereocenters. The van der Waals surface area contributed by atoms with Gasteiger partial charge in [0, 0.05) is 6.54 Å². The summed E-state index contributed by atoms with van der Waals surface area (Å²) in [5.74, 6) is -1.78. The number of hydrogen-bond acceptors (Lipinski definition) is 4. The number of rotatable bonds is 4. The van der Waals surface area contributed by atoms with Gasteiger partial charge in [0.2, 0.25) is 0 Å². The van der Waals surface area contributed by atoms with Crippen LogP contribution in [0.2, 0.25) is 0 Å². The van der Waals surface area contributed by atoms with Crippen molar-refractivity contribution in [3.63, 3.8) is 0 Å². The van der Waals surface area contributed by atoms with Gasteiger partial charge in [-0.1, -0.05) is 24.3 Å². The molecule has 6 heteroatoms. The van der Waals surface area contributed by atoms with Crippen LogP contribution in [0.1, 0.15) is 11.1 Å². The van der Waals surface area contributed by atoms with E-state index in [1.165, 1.54) is 0 Å². The van der Waals surface area contributed by atoms with Crippen LogP contribution in [0.15, 0.2) is 24.3 Å². The fourth-order valence-corrected chi connectivity index (χ4v) is 1.04. The van der Waals surface area contributed by atoms with Gasteiger partial charge in [0.15, 0.2) is 0 Å². The summed E-state index contributed by atoms with van der Waals surface area (Å²) >= 11 is 0. The zero-order chi connectivity index (χ0) is 13.3. The molecule has 17 heavy (non-hydrogen) atoms. The Hall–Kier alpha value is -1.92. The van der Waals surface area contributed by atoms with Crippen LogP contribution in [0.25, 0.3) is 0 Å². The number of nitrogens with two attached hydrogens (primary N) is 2. The molecule has 0 aromatic heterocycles. The quantitative estimate of drug-likeness (QED) is 0.577. The van der Waals surface area contributed by atoms with Crippen LogP contribution in [0.5, 0.6) is 0 Å². The smallest absolute Gasteiger partial charge is 0.317 e. The summed E-state index contributed by atoms with van der Waals surface area (Å²) in [7, 11) is 0. The first-order valence-electron chi connectivity index (χ1n) is 4.91. The summed E-state index contributed by atoms with van der Waals surface area (Å²) in [4.78, 5) is 19.6. The van der Waals surface area contributed by atoms with E-state index in [-0.39, 0.29) is 13.0 Å². The van der Waals surface area contributed by atoms with Crippen LogP contribution >= 0.6 is 0 Å². The van der Waals surface area contributed by atoms with E-state index in [9.17, 15) is 9.59 Å². The molecule has 0 saturated heterocycles. The number of carbonyl (C=O) groups is 2. The van der Waals surface area contributed by atoms with Gasteiger partial charge in [0.05, 0.1) is 13.0 Å². The molecule has 0 aliphatic heterocycles. The molecule has 0 aliphatic rings. The predicted octanol–water partition coefficient (Wildman–Crippen LogP) is -0.198. The fourth-order valence-electron chi connectivity index (χ4n) is 1.04. The highest BCUT2D eigenvalue weighted by Gasteiger charge is 1.99. The molecule has 0 aliphatic carbocycles. The average Bonchev–Trinajstić information content (AvgIpc) is 2.29. The SMILES string of the molecule is NCC(=O)O.NCc1cccc(CC(=O)O)c1. The Morgan fingerprint density at radius 2 is 1.59 bits per heavy atom. The molecule has 1 aromatic carbocycles. The van der Waals surface area contributed by atoms with Gasteiger partial charge in [-0.25, -0.2) is 0 Å². The van der Waals surface area contributed by atoms with Crippen molar-refractivity contribution in [2.45, 2.75) is 13.0 Å². The number of hydrogen-bond donors (Lipinski definition) is 4. The largest absolute Gasteiger partial charge is 0.481 e. The van der Waals surface area contributed by atoms with Gasteiger partial charge in [-0.05, 0) is 11.1 Å². The molecule has 6 nitrogen and oxygen atoms in total. The third-order valence-corrected chi connectivity index (χ3v) is 1.76. The lowest BCUT2D eigenvalue weighted by Crippen LogP contribution is -2.10. The Kier molecular flexibility index (Phi) is 7.32. The average molecular weight is 240 g/mol. The maximum Gasteiger partial charge on any atom is 0.317 e. The maximum absolute atomic E-state index is 10.3. The molecular weight excluding hydrogens is 224 g/mol. The first-order chi connectivity index (χ1) is 7.99. The maximum atomic E-state index is 10.3. The molecule has 94 valence electrons. The van der Waals surface area contributed by atoms with E-state index >= 15 is 0 Å². The Labute approximate surface area is 98.9 Å². The molecule has 0 amide bonds. The molecule has 1 rings (SSSR count). The van der Waals surface area contributed by atoms with Gasteiger partial charge in [0.25, 0.3) is 0 Å². The fraction of sp³-hybridized carbons (Fsp3) is 0.273. The van der Waals surface area contributed by atoms with E-state index < -0.39 is 11.9 Å². The van der Waals surface area contributed by atoms with E-state index in [0.717, 1.165) is 11.1 Å². The molecule has 1 aromatic rings. The molecular formula is C11H16N2O4. The summed E-state index contributed by atoms with van der Waals surface area (Å²) in [5.41, 5.74) is 11.7. The van der Waals surface area contributed by atoms with Gasteiger partial charge >= 0.3 is 11.9 Å². The van der Waals surface area contributed by atoms with Crippen molar-refractivity contribution < 1.29 is 19.8 Å². The van der Waals surface area contributed by atoms with E-state index in [4.69, 9.17) is 15.9 Å². The molecule has 0 spiro atoms. The second kappa shape index (κ2) is 8.26. The number of carboxylic acid groups (broad SMARTS) is 2. The number of aliphatic carboxylic acids is 2. The van der Waals surface area contributed by atoms with Crippen LogP contribution in [0.3, 0.4) is 0 Å². The number of carboxylic acids is 2. The molecule has 0 heterocycles. The first-order valence-corrected chi connectivity index (χ1v) is 4.91. The van der Waals surface area contributed by atoms with Gasteiger partial charge in [-0.15, -0.1) is 0 Å². The highest BCUT2D eigenvalue weighted by atomic mass is 16.4. The summed E-state index contributed by atoms with van der Waals surface area (Å²) < 4.78 is 0. The van der Waals surface area contributed by atoms with E-state index in [1.54, 1.807) is 6.07 Å². The van der Waals surface area contributed by atoms with Crippen LogP contribution < -0.4 is 11.5 Å². The van der Waals surface area contributed by atoms with E-state index in [0.29, 0.717) is 6.54 Å². The van der Waals surface area contributed by atoms with Crippen LogP contribution in [-0.4, -0.2) is 28.7 Å². The predicted molar refractivity (Wildman–Crippen MR) is 62.4 cm³/mol. The topological polar surface area (TPSA) is 127 Å². The summed E-state index contributed by atoms with van der Waals surface area (Å²) in [5, 5.41) is 16.1. The third kappa shape index (κ3) is 7.95. The van der Waals surface area contributed by atoms with Crippen molar-refractivity contribution in [3.8, 4) is 0 Å². The summed E-state index contributed by atoms with van der Waals surface area (Å²) in [6.45, 7) is 0.174. The lowest BCUT2D eigenvalue weighted by molar-refractivity contribution is -0.136. The van der Waals surface area contributed by atoms with Crippen molar-refractivity contribution in [1.29, 1.82) is 0 Å². The van der Waals surface area contributed by atoms with Crippen molar-refractivity contribution in [1.82, 2.24) is 0 Å². The zero-order valence-corrected chi connectivity index (χ0v) is 9.30. The standard InChI is InChI=1S/C9H11NO2.C2H5NO2/c10-6-8-3-1-2-7(4-8)5-9(11)12;3-1-2(4)5/h1-4H,5-6,10H2,(H,11,12);1,3H2,(H,4,5).